The molecular formula is C28H25NO8. The van der Waals surface area contributed by atoms with Crippen LogP contribution in [0.25, 0.3) is 0 Å². The van der Waals surface area contributed by atoms with Crippen LogP contribution in [0.1, 0.15) is 22.6 Å². The summed E-state index contributed by atoms with van der Waals surface area (Å²) in [7, 11) is 2.97. The molecule has 3 aliphatic rings. The number of rotatable bonds is 5. The zero-order chi connectivity index (χ0) is 25.5. The molecular weight excluding hydrogens is 478 g/mol. The van der Waals surface area contributed by atoms with Crippen LogP contribution in [0.3, 0.4) is 0 Å². The summed E-state index contributed by atoms with van der Waals surface area (Å²) in [6, 6.07) is 16.5. The maximum atomic E-state index is 12.9. The van der Waals surface area contributed by atoms with Crippen molar-refractivity contribution in [3.63, 3.8) is 0 Å². The molecule has 0 unspecified atom stereocenters. The third kappa shape index (κ3) is 4.06. The second-order valence-corrected chi connectivity index (χ2v) is 9.14. The highest BCUT2D eigenvalue weighted by molar-refractivity contribution is 5.87. The molecule has 1 N–H and O–H groups in total. The Morgan fingerprint density at radius 2 is 1.65 bits per heavy atom. The number of methoxy groups -OCH3 is 2. The summed E-state index contributed by atoms with van der Waals surface area (Å²) < 4.78 is 33.6. The van der Waals surface area contributed by atoms with Crippen molar-refractivity contribution in [3.05, 3.63) is 71.3 Å². The molecule has 0 bridgehead atoms. The molecule has 1 aliphatic carbocycles. The number of esters is 1. The van der Waals surface area contributed by atoms with Crippen LogP contribution in [0.2, 0.25) is 0 Å². The van der Waals surface area contributed by atoms with E-state index < -0.39 is 6.09 Å². The van der Waals surface area contributed by atoms with E-state index in [2.05, 4.69) is 5.32 Å². The highest BCUT2D eigenvalue weighted by atomic mass is 16.7. The third-order valence-corrected chi connectivity index (χ3v) is 7.09. The first kappa shape index (κ1) is 23.0. The van der Waals surface area contributed by atoms with Gasteiger partial charge in [0.25, 0.3) is 0 Å². The molecule has 0 radical (unpaired) electrons. The molecule has 0 saturated carbocycles. The number of cyclic esters (lactones) is 1. The van der Waals surface area contributed by atoms with Gasteiger partial charge in [-0.25, -0.2) is 4.79 Å². The number of fused-ring (bicyclic) bond motifs is 3. The summed E-state index contributed by atoms with van der Waals surface area (Å²) in [6.07, 6.45) is 0.0132. The lowest BCUT2D eigenvalue weighted by molar-refractivity contribution is -0.141. The molecule has 1 fully saturated rings. The lowest BCUT2D eigenvalue weighted by atomic mass is 9.67. The normalized spacial score (nSPS) is 20.9. The van der Waals surface area contributed by atoms with Crippen molar-refractivity contribution < 1.29 is 38.0 Å². The number of para-hydroxylation sites is 1. The van der Waals surface area contributed by atoms with Gasteiger partial charge < -0.3 is 28.4 Å². The van der Waals surface area contributed by atoms with Gasteiger partial charge in [0.2, 0.25) is 12.5 Å². The van der Waals surface area contributed by atoms with Crippen molar-refractivity contribution in [2.45, 2.75) is 12.3 Å². The zero-order valence-corrected chi connectivity index (χ0v) is 20.3. The van der Waals surface area contributed by atoms with Gasteiger partial charge in [-0.3, -0.25) is 10.1 Å². The van der Waals surface area contributed by atoms with Gasteiger partial charge in [-0.2, -0.15) is 0 Å². The van der Waals surface area contributed by atoms with Crippen LogP contribution in [0.15, 0.2) is 54.6 Å². The molecule has 2 aliphatic heterocycles. The molecule has 190 valence electrons. The average molecular weight is 504 g/mol. The minimum Gasteiger partial charge on any atom is -0.493 e. The Labute approximate surface area is 213 Å². The van der Waals surface area contributed by atoms with E-state index in [4.69, 9.17) is 28.4 Å². The third-order valence-electron chi connectivity index (χ3n) is 7.09. The van der Waals surface area contributed by atoms with Crippen molar-refractivity contribution in [2.24, 2.45) is 11.8 Å². The number of carbonyl (C=O) groups excluding carboxylic acids is 2. The smallest absolute Gasteiger partial charge is 0.417 e. The second-order valence-electron chi connectivity index (χ2n) is 9.14. The number of benzene rings is 3. The summed E-state index contributed by atoms with van der Waals surface area (Å²) in [6.45, 7) is 0.527. The van der Waals surface area contributed by atoms with Crippen molar-refractivity contribution in [1.82, 2.24) is 0 Å². The summed E-state index contributed by atoms with van der Waals surface area (Å²) >= 11 is 0. The summed E-state index contributed by atoms with van der Waals surface area (Å²) in [5, 5.41) is 2.68. The number of hydrogen-bond donors (Lipinski definition) is 1. The monoisotopic (exact) mass is 503 g/mol. The van der Waals surface area contributed by atoms with Crippen molar-refractivity contribution >= 4 is 17.7 Å². The molecule has 6 rings (SSSR count). The predicted molar refractivity (Wildman–Crippen MR) is 132 cm³/mol. The van der Waals surface area contributed by atoms with E-state index in [9.17, 15) is 9.59 Å². The Balaban J connectivity index is 1.40. The van der Waals surface area contributed by atoms with Crippen LogP contribution in [0.5, 0.6) is 28.7 Å². The Bertz CT molecular complexity index is 1350. The first-order valence-electron chi connectivity index (χ1n) is 11.9. The molecule has 1 amide bonds. The first-order chi connectivity index (χ1) is 18.1. The second kappa shape index (κ2) is 9.24. The largest absolute Gasteiger partial charge is 0.493 e. The molecule has 2 heterocycles. The van der Waals surface area contributed by atoms with Crippen molar-refractivity contribution in [3.8, 4) is 28.7 Å². The van der Waals surface area contributed by atoms with Crippen LogP contribution < -0.4 is 29.0 Å². The summed E-state index contributed by atoms with van der Waals surface area (Å²) in [5.41, 5.74) is 3.40. The molecule has 37 heavy (non-hydrogen) atoms. The number of nitrogens with one attached hydrogen (secondary N) is 1. The fraction of sp³-hybridized carbons (Fsp3) is 0.286. The Hall–Kier alpha value is -4.40. The van der Waals surface area contributed by atoms with Crippen molar-refractivity contribution in [2.75, 3.05) is 32.9 Å². The van der Waals surface area contributed by atoms with Crippen LogP contribution in [0, 0.1) is 11.8 Å². The lowest BCUT2D eigenvalue weighted by Crippen LogP contribution is -2.31. The van der Waals surface area contributed by atoms with E-state index in [0.29, 0.717) is 41.7 Å². The van der Waals surface area contributed by atoms with Gasteiger partial charge in [-0.15, -0.1) is 0 Å². The van der Waals surface area contributed by atoms with Gasteiger partial charge in [0.1, 0.15) is 0 Å². The van der Waals surface area contributed by atoms with Gasteiger partial charge >= 0.3 is 12.1 Å². The fourth-order valence-electron chi connectivity index (χ4n) is 5.44. The Morgan fingerprint density at radius 1 is 0.946 bits per heavy atom. The Kier molecular flexibility index (Phi) is 5.75. The maximum absolute atomic E-state index is 12.9. The van der Waals surface area contributed by atoms with E-state index in [1.807, 2.05) is 18.2 Å². The van der Waals surface area contributed by atoms with Crippen LogP contribution in [-0.4, -0.2) is 39.7 Å². The highest BCUT2D eigenvalue weighted by Crippen LogP contribution is 2.52. The SMILES string of the molecule is COc1cc([C@@H]2c3cc4c(cc3C[C@H]3COC(=O)[C@@H]32)OCO4)cc(OC)c1OC(=O)Nc1ccccc1. The minimum atomic E-state index is -0.689. The molecule has 3 aromatic carbocycles. The van der Waals surface area contributed by atoms with Crippen LogP contribution in [0.4, 0.5) is 10.5 Å². The molecule has 3 atom stereocenters. The van der Waals surface area contributed by atoms with E-state index in [1.165, 1.54) is 14.2 Å². The standard InChI is InChI=1S/C28H25NO8/c1-32-22-10-16(11-23(33-2)26(22)37-28(31)29-18-6-4-3-5-7-18)24-19-12-21-20(35-14-36-21)9-15(19)8-17-13-34-27(30)25(17)24/h3-7,9-12,17,24-25H,8,13-14H2,1-2H3,(H,29,31)/t17-,24+,25-/m0/s1. The molecule has 3 aromatic rings. The number of ether oxygens (including phenoxy) is 6. The van der Waals surface area contributed by atoms with E-state index in [0.717, 1.165) is 16.7 Å². The molecule has 0 spiro atoms. The van der Waals surface area contributed by atoms with Crippen molar-refractivity contribution in [1.29, 1.82) is 0 Å². The van der Waals surface area contributed by atoms with Crippen LogP contribution >= 0.6 is 0 Å². The molecule has 1 saturated heterocycles. The predicted octanol–water partition coefficient (Wildman–Crippen LogP) is 4.52. The quantitative estimate of drug-likeness (QED) is 0.507. The lowest BCUT2D eigenvalue weighted by Gasteiger charge is -2.34. The van der Waals surface area contributed by atoms with Gasteiger partial charge in [0.05, 0.1) is 26.7 Å². The first-order valence-corrected chi connectivity index (χ1v) is 11.9. The van der Waals surface area contributed by atoms with Gasteiger partial charge in [-0.05, 0) is 59.5 Å². The average Bonchev–Trinajstić information content (AvgIpc) is 3.52. The van der Waals surface area contributed by atoms with Gasteiger partial charge in [0, 0.05) is 17.5 Å². The van der Waals surface area contributed by atoms with Gasteiger partial charge in [0.15, 0.2) is 23.0 Å². The number of anilines is 1. The minimum absolute atomic E-state index is 0.0231. The zero-order valence-electron chi connectivity index (χ0n) is 20.3. The van der Waals surface area contributed by atoms with Gasteiger partial charge in [-0.1, -0.05) is 18.2 Å². The van der Waals surface area contributed by atoms with Crippen LogP contribution in [-0.2, 0) is 16.0 Å². The Morgan fingerprint density at radius 3 is 2.35 bits per heavy atom. The summed E-state index contributed by atoms with van der Waals surface area (Å²) in [5.74, 6) is 1.14. The molecule has 9 nitrogen and oxygen atoms in total. The molecule has 0 aromatic heterocycles. The van der Waals surface area contributed by atoms with E-state index in [1.54, 1.807) is 36.4 Å². The highest BCUT2D eigenvalue weighted by Gasteiger charge is 2.48. The fourth-order valence-corrected chi connectivity index (χ4v) is 5.44. The number of hydrogen-bond acceptors (Lipinski definition) is 8. The topological polar surface area (TPSA) is 102 Å². The summed E-state index contributed by atoms with van der Waals surface area (Å²) in [4.78, 5) is 25.6. The number of carbonyl (C=O) groups is 2. The van der Waals surface area contributed by atoms with E-state index >= 15 is 0 Å². The maximum Gasteiger partial charge on any atom is 0.417 e. The molecule has 9 heteroatoms. The van der Waals surface area contributed by atoms with E-state index in [-0.39, 0.29) is 36.3 Å². The number of amides is 1.